The van der Waals surface area contributed by atoms with Gasteiger partial charge in [-0.2, -0.15) is 0 Å². The van der Waals surface area contributed by atoms with Crippen molar-refractivity contribution in [2.45, 2.75) is 6.61 Å². The molecule has 3 aromatic rings. The van der Waals surface area contributed by atoms with Gasteiger partial charge in [0.15, 0.2) is 5.75 Å². The first kappa shape index (κ1) is 13.6. The van der Waals surface area contributed by atoms with E-state index in [1.165, 1.54) is 0 Å². The minimum absolute atomic E-state index is 0.196. The van der Waals surface area contributed by atoms with Crippen LogP contribution in [0.1, 0.15) is 10.6 Å². The van der Waals surface area contributed by atoms with E-state index in [1.807, 2.05) is 35.7 Å². The first-order valence-corrected chi connectivity index (χ1v) is 7.91. The lowest BCUT2D eigenvalue weighted by molar-refractivity contribution is 0.307. The van der Waals surface area contributed by atoms with E-state index in [-0.39, 0.29) is 4.99 Å². The van der Waals surface area contributed by atoms with Crippen LogP contribution in [0, 0.1) is 0 Å². The zero-order valence-electron chi connectivity index (χ0n) is 10.3. The first-order chi connectivity index (χ1) is 9.66. The van der Waals surface area contributed by atoms with E-state index in [4.69, 9.17) is 27.1 Å². The van der Waals surface area contributed by atoms with Crippen LogP contribution in [0.4, 0.5) is 0 Å². The molecule has 102 valence electrons. The van der Waals surface area contributed by atoms with Crippen molar-refractivity contribution in [3.05, 3.63) is 50.8 Å². The summed E-state index contributed by atoms with van der Waals surface area (Å²) in [5, 5.41) is 2.88. The van der Waals surface area contributed by atoms with E-state index in [0.717, 1.165) is 20.3 Å². The molecule has 0 aliphatic carbocycles. The summed E-state index contributed by atoms with van der Waals surface area (Å²) in [4.78, 5) is 1.30. The van der Waals surface area contributed by atoms with Gasteiger partial charge < -0.3 is 14.9 Å². The molecule has 0 unspecified atom stereocenters. The van der Waals surface area contributed by atoms with E-state index >= 15 is 0 Å². The van der Waals surface area contributed by atoms with Gasteiger partial charge in [0, 0.05) is 4.47 Å². The molecule has 0 bridgehead atoms. The van der Waals surface area contributed by atoms with Gasteiger partial charge in [-0.05, 0) is 39.5 Å². The topological polar surface area (TPSA) is 48.4 Å². The number of furan rings is 1. The molecule has 3 nitrogen and oxygen atoms in total. The minimum atomic E-state index is 0.196. The van der Waals surface area contributed by atoms with Crippen molar-refractivity contribution < 1.29 is 9.15 Å². The standard InChI is InChI=1S/C14H10BrNO2S2/c15-9-5-6-20-11(9)7-17-12-8-3-1-2-4-10(8)18-13(12)14(16)19/h1-6H,7H2,(H2,16,19). The molecule has 0 fully saturated rings. The van der Waals surface area contributed by atoms with Crippen LogP contribution in [0.2, 0.25) is 0 Å². The Kier molecular flexibility index (Phi) is 3.78. The van der Waals surface area contributed by atoms with Gasteiger partial charge >= 0.3 is 0 Å². The Balaban J connectivity index is 1.99. The molecule has 0 radical (unpaired) electrons. The Morgan fingerprint density at radius 2 is 2.15 bits per heavy atom. The fraction of sp³-hybridized carbons (Fsp3) is 0.0714. The van der Waals surface area contributed by atoms with Gasteiger partial charge in [0.2, 0.25) is 5.76 Å². The van der Waals surface area contributed by atoms with Crippen molar-refractivity contribution in [3.8, 4) is 5.75 Å². The highest BCUT2D eigenvalue weighted by atomic mass is 79.9. The highest BCUT2D eigenvalue weighted by molar-refractivity contribution is 9.10. The Bertz CT molecular complexity index is 778. The van der Waals surface area contributed by atoms with Gasteiger partial charge in [0.25, 0.3) is 0 Å². The van der Waals surface area contributed by atoms with Gasteiger partial charge in [0.1, 0.15) is 17.2 Å². The zero-order chi connectivity index (χ0) is 14.1. The Labute approximate surface area is 133 Å². The lowest BCUT2D eigenvalue weighted by Gasteiger charge is -2.05. The van der Waals surface area contributed by atoms with Crippen LogP contribution in [0.5, 0.6) is 5.75 Å². The van der Waals surface area contributed by atoms with E-state index in [0.29, 0.717) is 18.1 Å². The van der Waals surface area contributed by atoms with Crippen molar-refractivity contribution in [2.75, 3.05) is 0 Å². The van der Waals surface area contributed by atoms with Crippen LogP contribution in [0.25, 0.3) is 11.0 Å². The Morgan fingerprint density at radius 1 is 1.35 bits per heavy atom. The summed E-state index contributed by atoms with van der Waals surface area (Å²) in [6, 6.07) is 9.61. The van der Waals surface area contributed by atoms with Crippen LogP contribution >= 0.6 is 39.5 Å². The van der Waals surface area contributed by atoms with Gasteiger partial charge in [-0.3, -0.25) is 0 Å². The predicted molar refractivity (Wildman–Crippen MR) is 88.5 cm³/mol. The third-order valence-corrected chi connectivity index (χ3v) is 4.90. The molecule has 20 heavy (non-hydrogen) atoms. The first-order valence-electron chi connectivity index (χ1n) is 5.83. The molecule has 6 heteroatoms. The normalized spacial score (nSPS) is 10.8. The summed E-state index contributed by atoms with van der Waals surface area (Å²) >= 11 is 10.1. The third-order valence-electron chi connectivity index (χ3n) is 2.81. The van der Waals surface area contributed by atoms with Crippen molar-refractivity contribution in [2.24, 2.45) is 5.73 Å². The van der Waals surface area contributed by atoms with E-state index in [9.17, 15) is 0 Å². The number of hydrogen-bond acceptors (Lipinski definition) is 4. The number of fused-ring (bicyclic) bond motifs is 1. The number of benzene rings is 1. The molecular formula is C14H10BrNO2S2. The summed E-state index contributed by atoms with van der Waals surface area (Å²) in [5.41, 5.74) is 6.43. The summed E-state index contributed by atoms with van der Waals surface area (Å²) in [7, 11) is 0. The third kappa shape index (κ3) is 2.46. The molecule has 0 atom stereocenters. The van der Waals surface area contributed by atoms with Crippen LogP contribution in [0.3, 0.4) is 0 Å². The lowest BCUT2D eigenvalue weighted by Crippen LogP contribution is -2.10. The average molecular weight is 368 g/mol. The van der Waals surface area contributed by atoms with Crippen LogP contribution in [-0.2, 0) is 6.61 Å². The average Bonchev–Trinajstić information content (AvgIpc) is 3.00. The molecule has 3 rings (SSSR count). The van der Waals surface area contributed by atoms with E-state index in [2.05, 4.69) is 15.9 Å². The maximum atomic E-state index is 5.90. The second kappa shape index (κ2) is 5.55. The van der Waals surface area contributed by atoms with Crippen molar-refractivity contribution in [1.82, 2.24) is 0 Å². The lowest BCUT2D eigenvalue weighted by atomic mass is 10.2. The monoisotopic (exact) mass is 367 g/mol. The summed E-state index contributed by atoms with van der Waals surface area (Å²) in [6.45, 7) is 0.442. The Hall–Kier alpha value is -1.37. The molecule has 2 heterocycles. The summed E-state index contributed by atoms with van der Waals surface area (Å²) < 4.78 is 12.6. The number of thiophene rings is 1. The van der Waals surface area contributed by atoms with Crippen LogP contribution < -0.4 is 10.5 Å². The predicted octanol–water partition coefficient (Wildman–Crippen LogP) is 4.47. The van der Waals surface area contributed by atoms with E-state index < -0.39 is 0 Å². The highest BCUT2D eigenvalue weighted by Gasteiger charge is 2.18. The second-order valence-electron chi connectivity index (χ2n) is 4.10. The maximum absolute atomic E-state index is 5.90. The molecule has 2 aromatic heterocycles. The molecule has 0 saturated heterocycles. The molecule has 0 spiro atoms. The highest BCUT2D eigenvalue weighted by Crippen LogP contribution is 2.34. The van der Waals surface area contributed by atoms with Crippen molar-refractivity contribution in [3.63, 3.8) is 0 Å². The SMILES string of the molecule is NC(=S)c1oc2ccccc2c1OCc1sccc1Br. The van der Waals surface area contributed by atoms with E-state index in [1.54, 1.807) is 11.3 Å². The maximum Gasteiger partial charge on any atom is 0.204 e. The number of ether oxygens (including phenoxy) is 1. The zero-order valence-corrected chi connectivity index (χ0v) is 13.5. The van der Waals surface area contributed by atoms with Crippen molar-refractivity contribution >= 4 is 55.4 Å². The van der Waals surface area contributed by atoms with Gasteiger partial charge in [-0.25, -0.2) is 0 Å². The number of thiocarbonyl (C=S) groups is 1. The number of nitrogens with two attached hydrogens (primary N) is 1. The quantitative estimate of drug-likeness (QED) is 0.691. The molecule has 0 saturated carbocycles. The minimum Gasteiger partial charge on any atom is -0.483 e. The number of rotatable bonds is 4. The molecule has 0 aliphatic heterocycles. The molecule has 2 N–H and O–H groups in total. The smallest absolute Gasteiger partial charge is 0.204 e. The van der Waals surface area contributed by atoms with Crippen LogP contribution in [0.15, 0.2) is 44.6 Å². The fourth-order valence-corrected chi connectivity index (χ4v) is 3.41. The Morgan fingerprint density at radius 3 is 2.85 bits per heavy atom. The largest absolute Gasteiger partial charge is 0.483 e. The number of hydrogen-bond donors (Lipinski definition) is 1. The van der Waals surface area contributed by atoms with Crippen LogP contribution in [-0.4, -0.2) is 4.99 Å². The summed E-state index contributed by atoms with van der Waals surface area (Å²) in [6.07, 6.45) is 0. The number of halogens is 1. The van der Waals surface area contributed by atoms with Gasteiger partial charge in [0.05, 0.1) is 10.3 Å². The number of para-hydroxylation sites is 1. The molecule has 0 aliphatic rings. The van der Waals surface area contributed by atoms with Gasteiger partial charge in [-0.15, -0.1) is 11.3 Å². The molecular weight excluding hydrogens is 358 g/mol. The molecule has 1 aromatic carbocycles. The van der Waals surface area contributed by atoms with Crippen molar-refractivity contribution in [1.29, 1.82) is 0 Å². The van der Waals surface area contributed by atoms with Gasteiger partial charge in [-0.1, -0.05) is 24.4 Å². The summed E-state index contributed by atoms with van der Waals surface area (Å²) in [5.74, 6) is 1.03. The fourth-order valence-electron chi connectivity index (χ4n) is 1.89. The molecule has 0 amide bonds. The second-order valence-corrected chi connectivity index (χ2v) is 6.40.